The minimum absolute atomic E-state index is 0.226. The minimum Gasteiger partial charge on any atom is -0.491 e. The van der Waals surface area contributed by atoms with Crippen LogP contribution in [0.1, 0.15) is 77.0 Å². The maximum atomic E-state index is 6.95. The third kappa shape index (κ3) is 5.09. The molecule has 0 aliphatic carbocycles. The highest BCUT2D eigenvalue weighted by Crippen LogP contribution is 2.51. The quantitative estimate of drug-likeness (QED) is 0.406. The van der Waals surface area contributed by atoms with Gasteiger partial charge in [0.05, 0.1) is 6.10 Å². The van der Waals surface area contributed by atoms with E-state index in [1.807, 2.05) is 0 Å². The molecule has 1 atom stereocenters. The van der Waals surface area contributed by atoms with Crippen LogP contribution >= 0.6 is 11.6 Å². The van der Waals surface area contributed by atoms with Gasteiger partial charge in [-0.3, -0.25) is 0 Å². The van der Waals surface area contributed by atoms with E-state index in [4.69, 9.17) is 9.39 Å². The van der Waals surface area contributed by atoms with E-state index in [-0.39, 0.29) is 6.10 Å². The lowest BCUT2D eigenvalue weighted by Crippen LogP contribution is -2.43. The Bertz CT molecular complexity index is 616. The van der Waals surface area contributed by atoms with E-state index in [0.29, 0.717) is 13.5 Å². The van der Waals surface area contributed by atoms with Crippen LogP contribution < -0.4 is 4.74 Å². The summed E-state index contributed by atoms with van der Waals surface area (Å²) in [4.78, 5) is 0. The van der Waals surface area contributed by atoms with Crippen molar-refractivity contribution in [2.75, 3.05) is 12.4 Å². The monoisotopic (exact) mass is 424 g/mol. The van der Waals surface area contributed by atoms with Gasteiger partial charge in [-0.25, -0.2) is 11.6 Å². The molecule has 0 amide bonds. The molecule has 0 saturated carbocycles. The highest BCUT2D eigenvalue weighted by molar-refractivity contribution is 8.25. The maximum Gasteiger partial charge on any atom is 0.299 e. The summed E-state index contributed by atoms with van der Waals surface area (Å²) >= 11 is 2.24. The first-order valence-electron chi connectivity index (χ1n) is 12.8. The molecule has 30 heavy (non-hydrogen) atoms. The van der Waals surface area contributed by atoms with Crippen molar-refractivity contribution in [2.24, 2.45) is 0 Å². The summed E-state index contributed by atoms with van der Waals surface area (Å²) in [5, 5.41) is 0. The normalized spacial score (nSPS) is 32.0. The largest absolute Gasteiger partial charge is 0.491 e. The molecule has 2 nitrogen and oxygen atoms in total. The van der Waals surface area contributed by atoms with Crippen molar-refractivity contribution in [3.63, 3.8) is 0 Å². The zero-order chi connectivity index (χ0) is 20.2. The van der Waals surface area contributed by atoms with Gasteiger partial charge in [0, 0.05) is 5.75 Å². The Morgan fingerprint density at radius 1 is 0.767 bits per heavy atom. The molecule has 1 unspecified atom stereocenters. The molecular weight excluding hydrogens is 386 g/mol. The fourth-order valence-corrected chi connectivity index (χ4v) is 8.70. The zero-order valence-electron chi connectivity index (χ0n) is 18.6. The standard InChI is InChI=1S/C25H38B2O2S/c1-2-16-24(17-3-1)28-18-25(29-26-20-8-4-9-21(26)11-5-10-20)19-30-27-22-12-6-13-23(27)15-7-14-22/h1-3,16-17,20-23,25H,4-15,18-19H2. The van der Waals surface area contributed by atoms with Gasteiger partial charge >= 0.3 is 0 Å². The molecule has 0 radical (unpaired) electrons. The molecule has 5 rings (SSSR count). The molecule has 0 aromatic heterocycles. The number of fused-ring (bicyclic) bond motifs is 4. The summed E-state index contributed by atoms with van der Waals surface area (Å²) in [5.74, 6) is 6.50. The fraction of sp³-hybridized carbons (Fsp3) is 0.760. The number of hydrogen-bond donors (Lipinski definition) is 0. The second-order valence-electron chi connectivity index (χ2n) is 10.4. The van der Waals surface area contributed by atoms with Gasteiger partial charge in [-0.05, 0) is 23.8 Å². The van der Waals surface area contributed by atoms with Crippen molar-refractivity contribution in [3.8, 4) is 5.75 Å². The first-order valence-corrected chi connectivity index (χ1v) is 13.9. The first-order chi connectivity index (χ1) is 14.9. The number of benzene rings is 1. The van der Waals surface area contributed by atoms with E-state index in [1.165, 1.54) is 77.0 Å². The Hall–Kier alpha value is -0.540. The third-order valence-corrected chi connectivity index (χ3v) is 10.2. The van der Waals surface area contributed by atoms with Crippen LogP contribution in [-0.2, 0) is 4.65 Å². The highest BCUT2D eigenvalue weighted by atomic mass is 32.2. The van der Waals surface area contributed by atoms with E-state index < -0.39 is 0 Å². The second-order valence-corrected chi connectivity index (χ2v) is 11.6. The molecular formula is C25H38B2O2S. The lowest BCUT2D eigenvalue weighted by Gasteiger charge is -2.42. The Labute approximate surface area is 188 Å². The second kappa shape index (κ2) is 10.4. The Morgan fingerprint density at radius 2 is 1.30 bits per heavy atom. The molecule has 4 aliphatic heterocycles. The van der Waals surface area contributed by atoms with Crippen LogP contribution in [0.5, 0.6) is 5.75 Å². The highest BCUT2D eigenvalue weighted by Gasteiger charge is 2.43. The van der Waals surface area contributed by atoms with Gasteiger partial charge < -0.3 is 9.39 Å². The van der Waals surface area contributed by atoms with Crippen molar-refractivity contribution in [2.45, 2.75) is 106 Å². The SMILES string of the molecule is c1ccc(OCC(CSB2C3CCCC2CCC3)OB2C3CCCC2CCC3)cc1. The molecule has 4 fully saturated rings. The van der Waals surface area contributed by atoms with Gasteiger partial charge in [0.1, 0.15) is 12.4 Å². The van der Waals surface area contributed by atoms with Crippen molar-refractivity contribution in [1.82, 2.24) is 0 Å². The average molecular weight is 424 g/mol. The topological polar surface area (TPSA) is 18.5 Å². The molecule has 1 aromatic carbocycles. The number of para-hydroxylation sites is 1. The summed E-state index contributed by atoms with van der Waals surface area (Å²) in [5.41, 5.74) is 0. The molecule has 5 heteroatoms. The zero-order valence-corrected chi connectivity index (χ0v) is 19.4. The van der Waals surface area contributed by atoms with Gasteiger partial charge in [0.2, 0.25) is 5.99 Å². The van der Waals surface area contributed by atoms with Gasteiger partial charge in [-0.2, -0.15) is 0 Å². The van der Waals surface area contributed by atoms with Crippen LogP contribution in [0.2, 0.25) is 23.3 Å². The molecule has 162 valence electrons. The Morgan fingerprint density at radius 3 is 1.87 bits per heavy atom. The van der Waals surface area contributed by atoms with E-state index in [2.05, 4.69) is 41.9 Å². The van der Waals surface area contributed by atoms with E-state index in [9.17, 15) is 0 Å². The molecule has 0 spiro atoms. The van der Waals surface area contributed by atoms with E-state index in [0.717, 1.165) is 40.8 Å². The molecule has 1 aromatic rings. The third-order valence-electron chi connectivity index (χ3n) is 8.46. The van der Waals surface area contributed by atoms with Crippen LogP contribution in [0.15, 0.2) is 30.3 Å². The van der Waals surface area contributed by atoms with Crippen molar-refractivity contribution < 1.29 is 9.39 Å². The average Bonchev–Trinajstić information content (AvgIpc) is 2.76. The molecule has 4 bridgehead atoms. The van der Waals surface area contributed by atoms with Gasteiger partial charge in [0.15, 0.2) is 0 Å². The van der Waals surface area contributed by atoms with Crippen LogP contribution in [-0.4, -0.2) is 31.4 Å². The predicted octanol–water partition coefficient (Wildman–Crippen LogP) is 7.38. The van der Waals surface area contributed by atoms with Crippen LogP contribution in [0.4, 0.5) is 0 Å². The molecule has 0 N–H and O–H groups in total. The van der Waals surface area contributed by atoms with E-state index >= 15 is 0 Å². The number of hydrogen-bond acceptors (Lipinski definition) is 3. The Kier molecular flexibility index (Phi) is 7.38. The first kappa shape index (κ1) is 21.3. The van der Waals surface area contributed by atoms with Crippen molar-refractivity contribution in [3.05, 3.63) is 30.3 Å². The van der Waals surface area contributed by atoms with Crippen LogP contribution in [0.3, 0.4) is 0 Å². The van der Waals surface area contributed by atoms with Gasteiger partial charge in [-0.15, -0.1) is 0 Å². The molecule has 4 heterocycles. The van der Waals surface area contributed by atoms with E-state index in [1.54, 1.807) is 0 Å². The summed E-state index contributed by atoms with van der Waals surface area (Å²) in [6.07, 6.45) is 17.4. The van der Waals surface area contributed by atoms with Crippen LogP contribution in [0, 0.1) is 0 Å². The van der Waals surface area contributed by atoms with Gasteiger partial charge in [0.25, 0.3) is 6.92 Å². The molecule has 4 saturated heterocycles. The summed E-state index contributed by atoms with van der Waals surface area (Å²) in [6.45, 7) is 1.19. The maximum absolute atomic E-state index is 6.95. The summed E-state index contributed by atoms with van der Waals surface area (Å²) < 4.78 is 13.2. The number of ether oxygens (including phenoxy) is 1. The Balaban J connectivity index is 1.23. The molecule has 4 aliphatic rings. The van der Waals surface area contributed by atoms with Crippen LogP contribution in [0.25, 0.3) is 0 Å². The smallest absolute Gasteiger partial charge is 0.299 e. The number of rotatable bonds is 8. The minimum atomic E-state index is 0.226. The lowest BCUT2D eigenvalue weighted by molar-refractivity contribution is 0.132. The lowest BCUT2D eigenvalue weighted by atomic mass is 9.38. The fourth-order valence-electron chi connectivity index (χ4n) is 7.00. The van der Waals surface area contributed by atoms with Crippen molar-refractivity contribution >= 4 is 24.5 Å². The summed E-state index contributed by atoms with van der Waals surface area (Å²) in [7, 11) is 0. The summed E-state index contributed by atoms with van der Waals surface area (Å²) in [6, 6.07) is 10.3. The van der Waals surface area contributed by atoms with Crippen molar-refractivity contribution in [1.29, 1.82) is 0 Å². The predicted molar refractivity (Wildman–Crippen MR) is 131 cm³/mol. The van der Waals surface area contributed by atoms with Gasteiger partial charge in [-0.1, -0.05) is 107 Å².